The molecular weight excluding hydrogens is 292 g/mol. The third-order valence-electron chi connectivity index (χ3n) is 3.33. The SMILES string of the molecule is CC(NC(=O)NCCCO)c1ccc(Oc2ccccc2)cc1. The number of urea groups is 1. The summed E-state index contributed by atoms with van der Waals surface area (Å²) in [6.45, 7) is 2.44. The van der Waals surface area contributed by atoms with Gasteiger partial charge in [0.2, 0.25) is 0 Å². The van der Waals surface area contributed by atoms with Crippen molar-refractivity contribution in [2.45, 2.75) is 19.4 Å². The van der Waals surface area contributed by atoms with Crippen LogP contribution in [-0.4, -0.2) is 24.3 Å². The molecule has 0 bridgehead atoms. The van der Waals surface area contributed by atoms with Gasteiger partial charge in [-0.1, -0.05) is 30.3 Å². The minimum atomic E-state index is -0.240. The van der Waals surface area contributed by atoms with Crippen LogP contribution in [0.5, 0.6) is 11.5 Å². The van der Waals surface area contributed by atoms with Gasteiger partial charge in [0.05, 0.1) is 6.04 Å². The summed E-state index contributed by atoms with van der Waals surface area (Å²) < 4.78 is 5.74. The van der Waals surface area contributed by atoms with Gasteiger partial charge < -0.3 is 20.5 Å². The number of rotatable bonds is 7. The van der Waals surface area contributed by atoms with Gasteiger partial charge in [-0.05, 0) is 43.2 Å². The predicted molar refractivity (Wildman–Crippen MR) is 89.6 cm³/mol. The van der Waals surface area contributed by atoms with Gasteiger partial charge in [-0.2, -0.15) is 0 Å². The van der Waals surface area contributed by atoms with Crippen LogP contribution in [-0.2, 0) is 0 Å². The monoisotopic (exact) mass is 314 g/mol. The molecule has 0 aliphatic heterocycles. The normalized spacial score (nSPS) is 11.6. The molecular formula is C18H22N2O3. The number of benzene rings is 2. The van der Waals surface area contributed by atoms with E-state index in [-0.39, 0.29) is 18.7 Å². The van der Waals surface area contributed by atoms with Crippen LogP contribution in [0.4, 0.5) is 4.79 Å². The number of carbonyl (C=O) groups is 1. The van der Waals surface area contributed by atoms with Crippen LogP contribution < -0.4 is 15.4 Å². The third-order valence-corrected chi connectivity index (χ3v) is 3.33. The van der Waals surface area contributed by atoms with Gasteiger partial charge in [-0.15, -0.1) is 0 Å². The van der Waals surface area contributed by atoms with Crippen LogP contribution in [0.25, 0.3) is 0 Å². The Bertz CT molecular complexity index is 599. The molecule has 0 aliphatic rings. The molecule has 0 aromatic heterocycles. The first-order chi connectivity index (χ1) is 11.2. The zero-order chi connectivity index (χ0) is 16.5. The molecule has 3 N–H and O–H groups in total. The Hall–Kier alpha value is -2.53. The maximum Gasteiger partial charge on any atom is 0.315 e. The predicted octanol–water partition coefficient (Wildman–Crippen LogP) is 3.22. The van der Waals surface area contributed by atoms with Gasteiger partial charge in [-0.25, -0.2) is 4.79 Å². The molecule has 0 aliphatic carbocycles. The van der Waals surface area contributed by atoms with E-state index >= 15 is 0 Å². The molecule has 2 aromatic rings. The minimum absolute atomic E-state index is 0.0682. The fraction of sp³-hybridized carbons (Fsp3) is 0.278. The van der Waals surface area contributed by atoms with E-state index in [0.29, 0.717) is 13.0 Å². The van der Waals surface area contributed by atoms with Crippen LogP contribution in [0.3, 0.4) is 0 Å². The zero-order valence-electron chi connectivity index (χ0n) is 13.2. The van der Waals surface area contributed by atoms with Crippen molar-refractivity contribution >= 4 is 6.03 Å². The van der Waals surface area contributed by atoms with E-state index in [1.54, 1.807) is 0 Å². The molecule has 2 amide bonds. The molecule has 0 saturated heterocycles. The van der Waals surface area contributed by atoms with Gasteiger partial charge in [0.1, 0.15) is 11.5 Å². The summed E-state index contributed by atoms with van der Waals surface area (Å²) in [5.41, 5.74) is 0.989. The van der Waals surface area contributed by atoms with Gasteiger partial charge >= 0.3 is 6.03 Å². The lowest BCUT2D eigenvalue weighted by Crippen LogP contribution is -2.37. The van der Waals surface area contributed by atoms with Crippen molar-refractivity contribution in [1.82, 2.24) is 10.6 Å². The van der Waals surface area contributed by atoms with Gasteiger partial charge in [0, 0.05) is 13.2 Å². The van der Waals surface area contributed by atoms with Gasteiger partial charge in [0.25, 0.3) is 0 Å². The summed E-state index contributed by atoms with van der Waals surface area (Å²) in [7, 11) is 0. The average Bonchev–Trinajstić information content (AvgIpc) is 2.56. The van der Waals surface area contributed by atoms with Crippen LogP contribution in [0.1, 0.15) is 24.9 Å². The van der Waals surface area contributed by atoms with E-state index in [9.17, 15) is 4.79 Å². The molecule has 23 heavy (non-hydrogen) atoms. The summed E-state index contributed by atoms with van der Waals surface area (Å²) in [6, 6.07) is 16.8. The number of hydrogen-bond donors (Lipinski definition) is 3. The van der Waals surface area contributed by atoms with Crippen molar-refractivity contribution in [3.05, 3.63) is 60.2 Å². The van der Waals surface area contributed by atoms with E-state index in [1.807, 2.05) is 61.5 Å². The minimum Gasteiger partial charge on any atom is -0.457 e. The molecule has 0 saturated carbocycles. The zero-order valence-corrected chi connectivity index (χ0v) is 13.2. The van der Waals surface area contributed by atoms with Crippen LogP contribution in [0.2, 0.25) is 0 Å². The molecule has 0 heterocycles. The Labute approximate surface area is 136 Å². The van der Waals surface area contributed by atoms with Gasteiger partial charge in [-0.3, -0.25) is 0 Å². The largest absolute Gasteiger partial charge is 0.457 e. The Morgan fingerprint density at radius 2 is 1.74 bits per heavy atom. The molecule has 5 nitrogen and oxygen atoms in total. The first-order valence-electron chi connectivity index (χ1n) is 7.67. The molecule has 122 valence electrons. The quantitative estimate of drug-likeness (QED) is 0.687. The standard InChI is InChI=1S/C18H22N2O3/c1-14(20-18(22)19-12-5-13-21)15-8-10-17(11-9-15)23-16-6-3-2-4-7-16/h2-4,6-11,14,21H,5,12-13H2,1H3,(H2,19,20,22). The van der Waals surface area contributed by atoms with Crippen LogP contribution in [0.15, 0.2) is 54.6 Å². The second-order valence-electron chi connectivity index (χ2n) is 5.18. The summed E-state index contributed by atoms with van der Waals surface area (Å²) >= 11 is 0. The Morgan fingerprint density at radius 1 is 1.09 bits per heavy atom. The number of aliphatic hydroxyl groups is 1. The lowest BCUT2D eigenvalue weighted by atomic mass is 10.1. The number of amides is 2. The summed E-state index contributed by atoms with van der Waals surface area (Å²) in [5, 5.41) is 14.2. The molecule has 0 fully saturated rings. The highest BCUT2D eigenvalue weighted by Gasteiger charge is 2.09. The molecule has 0 radical (unpaired) electrons. The van der Waals surface area contributed by atoms with Crippen molar-refractivity contribution in [1.29, 1.82) is 0 Å². The number of carbonyl (C=O) groups excluding carboxylic acids is 1. The Kier molecular flexibility index (Phi) is 6.44. The fourth-order valence-corrected chi connectivity index (χ4v) is 2.06. The second-order valence-corrected chi connectivity index (χ2v) is 5.18. The highest BCUT2D eigenvalue weighted by atomic mass is 16.5. The summed E-state index contributed by atoms with van der Waals surface area (Å²) in [5.74, 6) is 1.54. The molecule has 0 spiro atoms. The van der Waals surface area contributed by atoms with Crippen molar-refractivity contribution in [3.63, 3.8) is 0 Å². The maximum atomic E-state index is 11.7. The highest BCUT2D eigenvalue weighted by molar-refractivity contribution is 5.74. The smallest absolute Gasteiger partial charge is 0.315 e. The van der Waals surface area contributed by atoms with E-state index in [0.717, 1.165) is 17.1 Å². The van der Waals surface area contributed by atoms with Gasteiger partial charge in [0.15, 0.2) is 0 Å². The van der Waals surface area contributed by atoms with E-state index in [4.69, 9.17) is 9.84 Å². The first-order valence-corrected chi connectivity index (χ1v) is 7.67. The lowest BCUT2D eigenvalue weighted by Gasteiger charge is -2.15. The highest BCUT2D eigenvalue weighted by Crippen LogP contribution is 2.23. The Balaban J connectivity index is 1.87. The number of hydrogen-bond acceptors (Lipinski definition) is 3. The summed E-state index contributed by atoms with van der Waals surface area (Å²) in [6.07, 6.45) is 0.549. The topological polar surface area (TPSA) is 70.6 Å². The number of aliphatic hydroxyl groups excluding tert-OH is 1. The van der Waals surface area contributed by atoms with E-state index < -0.39 is 0 Å². The molecule has 1 atom stereocenters. The maximum absolute atomic E-state index is 11.7. The van der Waals surface area contributed by atoms with Crippen molar-refractivity contribution in [3.8, 4) is 11.5 Å². The average molecular weight is 314 g/mol. The lowest BCUT2D eigenvalue weighted by molar-refractivity contribution is 0.235. The fourth-order valence-electron chi connectivity index (χ4n) is 2.06. The third kappa shape index (κ3) is 5.64. The number of ether oxygens (including phenoxy) is 1. The van der Waals surface area contributed by atoms with Crippen LogP contribution >= 0.6 is 0 Å². The molecule has 1 unspecified atom stereocenters. The van der Waals surface area contributed by atoms with Crippen molar-refractivity contribution in [2.75, 3.05) is 13.2 Å². The second kappa shape index (κ2) is 8.80. The molecule has 5 heteroatoms. The van der Waals surface area contributed by atoms with E-state index in [2.05, 4.69) is 10.6 Å². The summed E-state index contributed by atoms with van der Waals surface area (Å²) in [4.78, 5) is 11.7. The molecule has 2 rings (SSSR count). The van der Waals surface area contributed by atoms with Crippen LogP contribution in [0, 0.1) is 0 Å². The Morgan fingerprint density at radius 3 is 2.39 bits per heavy atom. The molecule has 2 aromatic carbocycles. The number of nitrogens with one attached hydrogen (secondary N) is 2. The van der Waals surface area contributed by atoms with E-state index in [1.165, 1.54) is 0 Å². The first kappa shape index (κ1) is 16.8. The van der Waals surface area contributed by atoms with Crippen molar-refractivity contribution in [2.24, 2.45) is 0 Å². The van der Waals surface area contributed by atoms with Crippen molar-refractivity contribution < 1.29 is 14.6 Å². The number of para-hydroxylation sites is 1.